The molecule has 4 aliphatic heterocycles. The number of nitrogens with zero attached hydrogens (tertiary/aromatic N) is 3. The van der Waals surface area contributed by atoms with Crippen molar-refractivity contribution >= 4 is 40.3 Å². The largest absolute Gasteiger partial charge is 0.506 e. The Morgan fingerprint density at radius 2 is 1.50 bits per heavy atom. The van der Waals surface area contributed by atoms with E-state index in [0.717, 1.165) is 106 Å². The summed E-state index contributed by atoms with van der Waals surface area (Å²) in [4.78, 5) is 50.7. The molecule has 242 valence electrons. The molecule has 4 heterocycles. The lowest BCUT2D eigenvalue weighted by Crippen LogP contribution is -2.39. The molecule has 0 spiro atoms. The summed E-state index contributed by atoms with van der Waals surface area (Å²) in [6.07, 6.45) is 9.30. The van der Waals surface area contributed by atoms with Gasteiger partial charge in [0.25, 0.3) is 5.91 Å². The first-order valence-corrected chi connectivity index (χ1v) is 17.1. The predicted octanol–water partition coefficient (Wildman–Crippen LogP) is 6.62. The summed E-state index contributed by atoms with van der Waals surface area (Å²) >= 11 is 0. The van der Waals surface area contributed by atoms with E-state index in [9.17, 15) is 19.5 Å². The highest BCUT2D eigenvalue weighted by molar-refractivity contribution is 6.42. The van der Waals surface area contributed by atoms with Gasteiger partial charge in [0.15, 0.2) is 0 Å². The highest BCUT2D eigenvalue weighted by Gasteiger charge is 2.44. The van der Waals surface area contributed by atoms with Crippen LogP contribution in [0.25, 0.3) is 5.57 Å². The molecule has 0 aromatic heterocycles. The standard InChI is InChI=1S/C38H46N4O4/c1-37(2,3)35(45)39-29-23-13-9-17-41-15-7-11-21(31(23)41)19-25(29)27-33(43)28(34(27)44)26-20-22-12-8-16-42-18-10-14-24(32(22)42)30(26)40-36(46)38(4,5)6/h19-20,43H,7-18H2,1-6H3,(H,39,45)/b28-26-,40-30?. The second-order valence-electron chi connectivity index (χ2n) is 15.7. The van der Waals surface area contributed by atoms with Crippen molar-refractivity contribution < 1.29 is 19.5 Å². The maximum Gasteiger partial charge on any atom is 0.251 e. The van der Waals surface area contributed by atoms with Crippen molar-refractivity contribution in [2.75, 3.05) is 36.4 Å². The minimum Gasteiger partial charge on any atom is -0.506 e. The number of hydrogen-bond donors (Lipinski definition) is 2. The highest BCUT2D eigenvalue weighted by Crippen LogP contribution is 2.50. The number of anilines is 2. The number of piperidine rings is 1. The van der Waals surface area contributed by atoms with Crippen LogP contribution in [-0.4, -0.2) is 59.5 Å². The number of hydrogen-bond acceptors (Lipinski definition) is 6. The van der Waals surface area contributed by atoms with Crippen LogP contribution in [0.5, 0.6) is 0 Å². The number of aryl methyl sites for hydroxylation is 1. The van der Waals surface area contributed by atoms with E-state index < -0.39 is 10.8 Å². The Bertz CT molecular complexity index is 1750. The zero-order chi connectivity index (χ0) is 32.7. The van der Waals surface area contributed by atoms with Crippen LogP contribution < -0.4 is 10.2 Å². The van der Waals surface area contributed by atoms with E-state index in [1.165, 1.54) is 5.69 Å². The SMILES string of the molecule is CC(C)(C)C(=O)N=C1C2=C3C(=C/C1=C1/C(=O)C(c4cc5c6c(c4NC(=O)C(C)(C)C)CCCN6CCC5)=C1O)CCCN3CCC2. The molecule has 0 saturated carbocycles. The summed E-state index contributed by atoms with van der Waals surface area (Å²) in [5.41, 5.74) is 8.15. The van der Waals surface area contributed by atoms with Gasteiger partial charge in [-0.1, -0.05) is 41.5 Å². The van der Waals surface area contributed by atoms with E-state index >= 15 is 0 Å². The van der Waals surface area contributed by atoms with Gasteiger partial charge in [-0.25, -0.2) is 4.99 Å². The van der Waals surface area contributed by atoms with Gasteiger partial charge in [0.1, 0.15) is 5.76 Å². The first-order valence-electron chi connectivity index (χ1n) is 17.1. The first kappa shape index (κ1) is 30.7. The molecule has 0 bridgehead atoms. The molecule has 1 saturated heterocycles. The zero-order valence-corrected chi connectivity index (χ0v) is 28.2. The molecule has 2 N–H and O–H groups in total. The molecule has 0 radical (unpaired) electrons. The van der Waals surface area contributed by atoms with Gasteiger partial charge in [0, 0.05) is 65.1 Å². The van der Waals surface area contributed by atoms with Crippen molar-refractivity contribution in [3.63, 3.8) is 0 Å². The van der Waals surface area contributed by atoms with Crippen LogP contribution in [-0.2, 0) is 27.2 Å². The Morgan fingerprint density at radius 3 is 2.17 bits per heavy atom. The fraction of sp³-hybridized carbons (Fsp3) is 0.526. The number of aliphatic imine (C=N–C) groups is 1. The second kappa shape index (κ2) is 10.8. The lowest BCUT2D eigenvalue weighted by atomic mass is 9.73. The van der Waals surface area contributed by atoms with Gasteiger partial charge in [-0.2, -0.15) is 0 Å². The predicted molar refractivity (Wildman–Crippen MR) is 182 cm³/mol. The molecule has 6 aliphatic rings. The van der Waals surface area contributed by atoms with Crippen molar-refractivity contribution in [3.05, 3.63) is 62.6 Å². The van der Waals surface area contributed by atoms with Crippen LogP contribution in [0.1, 0.15) is 96.8 Å². The maximum absolute atomic E-state index is 14.4. The third-order valence-electron chi connectivity index (χ3n) is 10.3. The second-order valence-corrected chi connectivity index (χ2v) is 15.7. The Labute approximate surface area is 272 Å². The maximum atomic E-state index is 14.4. The molecule has 8 nitrogen and oxygen atoms in total. The van der Waals surface area contributed by atoms with Gasteiger partial charge in [0.2, 0.25) is 11.7 Å². The Morgan fingerprint density at radius 1 is 0.848 bits per heavy atom. The van der Waals surface area contributed by atoms with Gasteiger partial charge in [-0.3, -0.25) is 14.4 Å². The van der Waals surface area contributed by atoms with Crippen LogP contribution in [0.2, 0.25) is 0 Å². The number of carbonyl (C=O) groups is 3. The summed E-state index contributed by atoms with van der Waals surface area (Å²) in [6, 6.07) is 2.03. The van der Waals surface area contributed by atoms with Gasteiger partial charge in [0.05, 0.1) is 22.5 Å². The highest BCUT2D eigenvalue weighted by atomic mass is 16.3. The van der Waals surface area contributed by atoms with E-state index in [2.05, 4.69) is 15.1 Å². The lowest BCUT2D eigenvalue weighted by Gasteiger charge is -2.42. The fourth-order valence-corrected chi connectivity index (χ4v) is 7.83. The zero-order valence-electron chi connectivity index (χ0n) is 28.2. The number of allylic oxidation sites excluding steroid dienone is 6. The molecule has 0 atom stereocenters. The number of aliphatic hydroxyl groups is 1. The molecule has 1 aromatic rings. The monoisotopic (exact) mass is 622 g/mol. The van der Waals surface area contributed by atoms with Crippen molar-refractivity contribution in [1.82, 2.24) is 4.90 Å². The average Bonchev–Trinajstić information content (AvgIpc) is 3.00. The number of benzene rings is 1. The molecular weight excluding hydrogens is 576 g/mol. The summed E-state index contributed by atoms with van der Waals surface area (Å²) in [6.45, 7) is 15.1. The third kappa shape index (κ3) is 4.87. The van der Waals surface area contributed by atoms with E-state index in [1.54, 1.807) is 0 Å². The van der Waals surface area contributed by atoms with Crippen LogP contribution in [0.15, 0.2) is 50.9 Å². The van der Waals surface area contributed by atoms with Gasteiger partial charge in [-0.05, 0) is 80.2 Å². The minimum atomic E-state index is -0.690. The number of nitrogens with one attached hydrogen (secondary N) is 1. The normalized spacial score (nSPS) is 23.7. The molecule has 1 aromatic carbocycles. The number of rotatable bonds is 2. The Hall–Kier alpha value is -3.94. The quantitative estimate of drug-likeness (QED) is 0.360. The van der Waals surface area contributed by atoms with Crippen molar-refractivity contribution in [2.45, 2.75) is 92.9 Å². The summed E-state index contributed by atoms with van der Waals surface area (Å²) in [5.74, 6) is -0.731. The molecule has 2 amide bonds. The average molecular weight is 623 g/mol. The summed E-state index contributed by atoms with van der Waals surface area (Å²) < 4.78 is 0. The number of ketones is 1. The van der Waals surface area contributed by atoms with Crippen LogP contribution >= 0.6 is 0 Å². The molecule has 8 heteroatoms. The summed E-state index contributed by atoms with van der Waals surface area (Å²) in [5, 5.41) is 15.1. The van der Waals surface area contributed by atoms with Crippen molar-refractivity contribution in [3.8, 4) is 0 Å². The van der Waals surface area contributed by atoms with E-state index in [4.69, 9.17) is 4.99 Å². The molecule has 46 heavy (non-hydrogen) atoms. The smallest absolute Gasteiger partial charge is 0.251 e. The number of Topliss-reactive ketones (excluding diaryl/α,β-unsaturated/α-hetero) is 1. The van der Waals surface area contributed by atoms with Crippen molar-refractivity contribution in [1.29, 1.82) is 0 Å². The Balaban J connectivity index is 1.43. The number of aliphatic hydroxyl groups excluding tert-OH is 1. The number of amides is 2. The summed E-state index contributed by atoms with van der Waals surface area (Å²) in [7, 11) is 0. The van der Waals surface area contributed by atoms with E-state index in [-0.39, 0.29) is 34.5 Å². The minimum absolute atomic E-state index is 0.0813. The van der Waals surface area contributed by atoms with Gasteiger partial charge >= 0.3 is 0 Å². The van der Waals surface area contributed by atoms with Crippen LogP contribution in [0.4, 0.5) is 11.4 Å². The molecule has 7 rings (SSSR count). The van der Waals surface area contributed by atoms with E-state index in [1.807, 2.05) is 53.7 Å². The van der Waals surface area contributed by atoms with Crippen LogP contribution in [0, 0.1) is 10.8 Å². The fourth-order valence-electron chi connectivity index (χ4n) is 7.83. The first-order chi connectivity index (χ1) is 21.8. The molecule has 2 aliphatic carbocycles. The Kier molecular flexibility index (Phi) is 7.22. The topological polar surface area (TPSA) is 102 Å². The molecule has 1 fully saturated rings. The number of carbonyl (C=O) groups excluding carboxylic acids is 3. The van der Waals surface area contributed by atoms with Gasteiger partial charge < -0.3 is 20.2 Å². The van der Waals surface area contributed by atoms with Gasteiger partial charge in [-0.15, -0.1) is 0 Å². The molecular formula is C38H46N4O4. The third-order valence-corrected chi connectivity index (χ3v) is 10.3. The molecule has 0 unspecified atom stereocenters. The van der Waals surface area contributed by atoms with Crippen LogP contribution in [0.3, 0.4) is 0 Å². The van der Waals surface area contributed by atoms with E-state index in [0.29, 0.717) is 22.5 Å². The van der Waals surface area contributed by atoms with Crippen molar-refractivity contribution in [2.24, 2.45) is 15.8 Å². The lowest BCUT2D eigenvalue weighted by molar-refractivity contribution is -0.125.